The average Bonchev–Trinajstić information content (AvgIpc) is 2.59. The summed E-state index contributed by atoms with van der Waals surface area (Å²) in [4.78, 5) is 0.0671. The van der Waals surface area contributed by atoms with Crippen LogP contribution in [0.5, 0.6) is 5.75 Å². The molecule has 7 heteroatoms. The molecule has 0 bridgehead atoms. The largest absolute Gasteiger partial charge is 0.542 e. The van der Waals surface area contributed by atoms with Crippen LogP contribution in [0.3, 0.4) is 0 Å². The lowest BCUT2D eigenvalue weighted by atomic mass is 9.86. The van der Waals surface area contributed by atoms with Crippen LogP contribution in [-0.4, -0.2) is 29.2 Å². The zero-order valence-electron chi connectivity index (χ0n) is 17.3. The molecule has 0 heterocycles. The van der Waals surface area contributed by atoms with Crippen LogP contribution < -0.4 is 4.43 Å². The number of hydrogen-bond acceptors (Lipinski definition) is 5. The SMILES string of the molecule is Cc1ccc(S(=O)(=O)OCC(O)c2ccc(C(C)(C)C)cc2O[Si](C)C)cc1. The molecule has 1 N–H and O–H groups in total. The van der Waals surface area contributed by atoms with Gasteiger partial charge in [-0.1, -0.05) is 50.6 Å². The summed E-state index contributed by atoms with van der Waals surface area (Å²) in [5.74, 6) is 0.579. The summed E-state index contributed by atoms with van der Waals surface area (Å²) in [5.41, 5.74) is 2.49. The molecule has 1 radical (unpaired) electrons. The Hall–Kier alpha value is -1.67. The Morgan fingerprint density at radius 1 is 1.07 bits per heavy atom. The molecule has 1 atom stereocenters. The van der Waals surface area contributed by atoms with E-state index in [4.69, 9.17) is 8.61 Å². The zero-order valence-corrected chi connectivity index (χ0v) is 19.1. The fraction of sp³-hybridized carbons (Fsp3) is 0.429. The van der Waals surface area contributed by atoms with Gasteiger partial charge in [0.2, 0.25) is 0 Å². The van der Waals surface area contributed by atoms with E-state index in [-0.39, 0.29) is 16.9 Å². The minimum absolute atomic E-state index is 0.0671. The number of aliphatic hydroxyl groups excluding tert-OH is 1. The van der Waals surface area contributed by atoms with Crippen LogP contribution in [0.2, 0.25) is 13.1 Å². The first-order valence-electron chi connectivity index (χ1n) is 9.17. The van der Waals surface area contributed by atoms with Crippen molar-refractivity contribution >= 4 is 19.2 Å². The first-order valence-corrected chi connectivity index (χ1v) is 13.0. The molecular formula is C21H29O5SSi. The Balaban J connectivity index is 2.23. The number of rotatable bonds is 7. The van der Waals surface area contributed by atoms with E-state index in [1.165, 1.54) is 12.1 Å². The second-order valence-electron chi connectivity index (χ2n) is 8.08. The van der Waals surface area contributed by atoms with Gasteiger partial charge < -0.3 is 9.53 Å². The van der Waals surface area contributed by atoms with Gasteiger partial charge in [-0.3, -0.25) is 4.18 Å². The molecule has 0 spiro atoms. The maximum absolute atomic E-state index is 12.4. The fourth-order valence-corrected chi connectivity index (χ4v) is 4.13. The van der Waals surface area contributed by atoms with Crippen molar-refractivity contribution in [2.75, 3.05) is 6.61 Å². The predicted octanol–water partition coefficient (Wildman–Crippen LogP) is 4.36. The summed E-state index contributed by atoms with van der Waals surface area (Å²) in [7, 11) is -5.00. The maximum atomic E-state index is 12.4. The minimum atomic E-state index is -3.94. The molecule has 2 aromatic carbocycles. The average molecular weight is 422 g/mol. The third kappa shape index (κ3) is 5.91. The lowest BCUT2D eigenvalue weighted by Gasteiger charge is -2.24. The second-order valence-corrected chi connectivity index (χ2v) is 11.7. The summed E-state index contributed by atoms with van der Waals surface area (Å²) in [6, 6.07) is 12.0. The third-order valence-corrected chi connectivity index (χ3v) is 6.17. The molecule has 0 aromatic heterocycles. The molecule has 0 amide bonds. The van der Waals surface area contributed by atoms with Crippen LogP contribution in [0.1, 0.15) is 43.6 Å². The quantitative estimate of drug-likeness (QED) is 0.531. The molecular weight excluding hydrogens is 392 g/mol. The Labute approximate surface area is 170 Å². The van der Waals surface area contributed by atoms with Gasteiger partial charge >= 0.3 is 0 Å². The van der Waals surface area contributed by atoms with Crippen molar-refractivity contribution in [1.29, 1.82) is 0 Å². The molecule has 0 saturated carbocycles. The Morgan fingerprint density at radius 2 is 1.68 bits per heavy atom. The predicted molar refractivity (Wildman–Crippen MR) is 113 cm³/mol. The van der Waals surface area contributed by atoms with Crippen LogP contribution in [-0.2, 0) is 19.7 Å². The van der Waals surface area contributed by atoms with Crippen LogP contribution in [0.4, 0.5) is 0 Å². The monoisotopic (exact) mass is 421 g/mol. The molecule has 0 aliphatic rings. The molecule has 5 nitrogen and oxygen atoms in total. The molecule has 2 rings (SSSR count). The highest BCUT2D eigenvalue weighted by Crippen LogP contribution is 2.32. The van der Waals surface area contributed by atoms with Crippen LogP contribution >= 0.6 is 0 Å². The van der Waals surface area contributed by atoms with E-state index in [1.54, 1.807) is 18.2 Å². The Morgan fingerprint density at radius 3 is 2.21 bits per heavy atom. The molecule has 28 heavy (non-hydrogen) atoms. The number of benzene rings is 2. The van der Waals surface area contributed by atoms with Gasteiger partial charge in [-0.2, -0.15) is 8.42 Å². The summed E-state index contributed by atoms with van der Waals surface area (Å²) in [5, 5.41) is 10.6. The van der Waals surface area contributed by atoms with E-state index in [0.29, 0.717) is 11.3 Å². The maximum Gasteiger partial charge on any atom is 0.297 e. The van der Waals surface area contributed by atoms with E-state index < -0.39 is 25.3 Å². The van der Waals surface area contributed by atoms with E-state index in [1.807, 2.05) is 32.2 Å². The van der Waals surface area contributed by atoms with Crippen molar-refractivity contribution < 1.29 is 22.1 Å². The molecule has 2 aromatic rings. The van der Waals surface area contributed by atoms with Gasteiger partial charge in [0.05, 0.1) is 11.5 Å². The van der Waals surface area contributed by atoms with Crippen molar-refractivity contribution in [3.63, 3.8) is 0 Å². The third-order valence-electron chi connectivity index (χ3n) is 4.24. The molecule has 1 unspecified atom stereocenters. The van der Waals surface area contributed by atoms with E-state index in [0.717, 1.165) is 11.1 Å². The van der Waals surface area contributed by atoms with Crippen molar-refractivity contribution in [1.82, 2.24) is 0 Å². The first-order chi connectivity index (χ1) is 12.9. The van der Waals surface area contributed by atoms with Crippen molar-refractivity contribution in [3.8, 4) is 5.75 Å². The van der Waals surface area contributed by atoms with Crippen molar-refractivity contribution in [2.45, 2.75) is 57.2 Å². The van der Waals surface area contributed by atoms with E-state index in [9.17, 15) is 13.5 Å². The molecule has 0 fully saturated rings. The van der Waals surface area contributed by atoms with E-state index >= 15 is 0 Å². The normalized spacial score (nSPS) is 13.6. The lowest BCUT2D eigenvalue weighted by Crippen LogP contribution is -2.19. The van der Waals surface area contributed by atoms with Crippen molar-refractivity contribution in [3.05, 3.63) is 59.2 Å². The lowest BCUT2D eigenvalue weighted by molar-refractivity contribution is 0.110. The number of hydrogen-bond donors (Lipinski definition) is 1. The Bertz CT molecular complexity index is 899. The Kier molecular flexibility index (Phi) is 7.09. The standard InChI is InChI=1S/C21H29O5SSi/c1-15-7-10-17(11-8-15)27(23,24)25-14-19(22)18-12-9-16(21(2,3)4)13-20(18)26-28(5)6/h7-13,19,22H,14H2,1-6H3. The highest BCUT2D eigenvalue weighted by atomic mass is 32.2. The van der Waals surface area contributed by atoms with Gasteiger partial charge in [0.25, 0.3) is 19.2 Å². The number of aliphatic hydroxyl groups is 1. The summed E-state index contributed by atoms with van der Waals surface area (Å²) < 4.78 is 35.8. The van der Waals surface area contributed by atoms with Gasteiger partial charge in [-0.15, -0.1) is 0 Å². The molecule has 0 aliphatic heterocycles. The van der Waals surface area contributed by atoms with Crippen LogP contribution in [0, 0.1) is 6.92 Å². The fourth-order valence-electron chi connectivity index (χ4n) is 2.60. The van der Waals surface area contributed by atoms with Crippen LogP contribution in [0.15, 0.2) is 47.4 Å². The van der Waals surface area contributed by atoms with Gasteiger partial charge in [0.1, 0.15) is 11.9 Å². The summed E-state index contributed by atoms with van der Waals surface area (Å²) >= 11 is 0. The smallest absolute Gasteiger partial charge is 0.297 e. The van der Waals surface area contributed by atoms with Gasteiger partial charge in [-0.25, -0.2) is 0 Å². The van der Waals surface area contributed by atoms with Gasteiger partial charge in [0, 0.05) is 5.56 Å². The number of aryl methyl sites for hydroxylation is 1. The topological polar surface area (TPSA) is 72.8 Å². The van der Waals surface area contributed by atoms with Crippen LogP contribution in [0.25, 0.3) is 0 Å². The minimum Gasteiger partial charge on any atom is -0.542 e. The zero-order chi connectivity index (χ0) is 21.1. The summed E-state index contributed by atoms with van der Waals surface area (Å²) in [6.07, 6.45) is -1.12. The highest BCUT2D eigenvalue weighted by Gasteiger charge is 2.23. The first kappa shape index (κ1) is 22.6. The van der Waals surface area contributed by atoms with Gasteiger partial charge in [0.15, 0.2) is 0 Å². The molecule has 0 aliphatic carbocycles. The molecule has 0 saturated heterocycles. The van der Waals surface area contributed by atoms with Gasteiger partial charge in [-0.05, 0) is 49.2 Å². The van der Waals surface area contributed by atoms with Crippen molar-refractivity contribution in [2.24, 2.45) is 0 Å². The molecule has 153 valence electrons. The van der Waals surface area contributed by atoms with E-state index in [2.05, 4.69) is 20.8 Å². The second kappa shape index (κ2) is 8.78. The summed E-state index contributed by atoms with van der Waals surface area (Å²) in [6.45, 7) is 11.8. The highest BCUT2D eigenvalue weighted by molar-refractivity contribution is 7.86.